The van der Waals surface area contributed by atoms with Gasteiger partial charge >= 0.3 is 5.97 Å². The maximum atomic E-state index is 10.8. The summed E-state index contributed by atoms with van der Waals surface area (Å²) in [6.07, 6.45) is 4.10. The number of nitrogens with zero attached hydrogens (tertiary/aromatic N) is 2. The van der Waals surface area contributed by atoms with E-state index in [-0.39, 0.29) is 5.69 Å². The van der Waals surface area contributed by atoms with E-state index >= 15 is 0 Å². The first-order valence-corrected chi connectivity index (χ1v) is 6.25. The van der Waals surface area contributed by atoms with Crippen LogP contribution in [0.1, 0.15) is 21.6 Å². The molecule has 98 valence electrons. The van der Waals surface area contributed by atoms with Crippen LogP contribution in [0.4, 0.5) is 0 Å². The number of aromatic nitrogens is 2. The lowest BCUT2D eigenvalue weighted by Gasteiger charge is -2.06. The zero-order valence-electron chi connectivity index (χ0n) is 10.7. The summed E-state index contributed by atoms with van der Waals surface area (Å²) in [5.74, 6) is -1.01. The van der Waals surface area contributed by atoms with E-state index in [4.69, 9.17) is 5.11 Å². The standard InChI is InChI=1S/C16H12N2O2/c19-16(20)15-6-5-11(10-18-15)9-12-7-8-17-14-4-2-1-3-13(12)14/h1-8,10H,9H2,(H,19,20). The number of carbonyl (C=O) groups is 1. The minimum absolute atomic E-state index is 0.0633. The van der Waals surface area contributed by atoms with Gasteiger partial charge in [0.05, 0.1) is 5.52 Å². The third-order valence-corrected chi connectivity index (χ3v) is 3.18. The van der Waals surface area contributed by atoms with E-state index in [0.717, 1.165) is 22.0 Å². The molecule has 0 aliphatic heterocycles. The van der Waals surface area contributed by atoms with Crippen molar-refractivity contribution in [2.45, 2.75) is 6.42 Å². The van der Waals surface area contributed by atoms with Gasteiger partial charge in [0.15, 0.2) is 0 Å². The first-order chi connectivity index (χ1) is 9.74. The number of para-hydroxylation sites is 1. The highest BCUT2D eigenvalue weighted by molar-refractivity contribution is 5.85. The molecule has 0 saturated heterocycles. The summed E-state index contributed by atoms with van der Waals surface area (Å²) in [6.45, 7) is 0. The molecule has 3 rings (SSSR count). The first kappa shape index (κ1) is 12.3. The number of pyridine rings is 2. The van der Waals surface area contributed by atoms with Gasteiger partial charge < -0.3 is 5.11 Å². The molecule has 0 fully saturated rings. The Kier molecular flexibility index (Phi) is 3.13. The van der Waals surface area contributed by atoms with E-state index in [9.17, 15) is 4.79 Å². The molecule has 0 amide bonds. The van der Waals surface area contributed by atoms with Gasteiger partial charge in [-0.15, -0.1) is 0 Å². The Hall–Kier alpha value is -2.75. The summed E-state index contributed by atoms with van der Waals surface area (Å²) in [4.78, 5) is 19.0. The molecular weight excluding hydrogens is 252 g/mol. The predicted molar refractivity (Wildman–Crippen MR) is 75.7 cm³/mol. The maximum Gasteiger partial charge on any atom is 0.354 e. The molecule has 1 N–H and O–H groups in total. The van der Waals surface area contributed by atoms with Crippen molar-refractivity contribution in [3.63, 3.8) is 0 Å². The SMILES string of the molecule is O=C(O)c1ccc(Cc2ccnc3ccccc23)cn1. The third-order valence-electron chi connectivity index (χ3n) is 3.18. The number of carboxylic acids is 1. The lowest BCUT2D eigenvalue weighted by Crippen LogP contribution is -2.00. The predicted octanol–water partition coefficient (Wildman–Crippen LogP) is 2.92. The minimum Gasteiger partial charge on any atom is -0.477 e. The molecule has 4 nitrogen and oxygen atoms in total. The van der Waals surface area contributed by atoms with Gasteiger partial charge in [0.25, 0.3) is 0 Å². The Morgan fingerprint density at radius 2 is 1.90 bits per heavy atom. The maximum absolute atomic E-state index is 10.8. The number of aromatic carboxylic acids is 1. The number of benzene rings is 1. The van der Waals surface area contributed by atoms with Crippen molar-refractivity contribution >= 4 is 16.9 Å². The summed E-state index contributed by atoms with van der Waals surface area (Å²) < 4.78 is 0. The van der Waals surface area contributed by atoms with E-state index in [1.165, 1.54) is 6.07 Å². The Morgan fingerprint density at radius 1 is 1.05 bits per heavy atom. The van der Waals surface area contributed by atoms with Crippen molar-refractivity contribution in [3.05, 3.63) is 71.7 Å². The molecular formula is C16H12N2O2. The van der Waals surface area contributed by atoms with Gasteiger partial charge in [-0.3, -0.25) is 4.98 Å². The van der Waals surface area contributed by atoms with Crippen LogP contribution in [0.15, 0.2) is 54.9 Å². The zero-order valence-corrected chi connectivity index (χ0v) is 10.7. The van der Waals surface area contributed by atoms with Crippen LogP contribution in [0.3, 0.4) is 0 Å². The fourth-order valence-corrected chi connectivity index (χ4v) is 2.18. The van der Waals surface area contributed by atoms with Gasteiger partial charge in [-0.25, -0.2) is 9.78 Å². The largest absolute Gasteiger partial charge is 0.477 e. The molecule has 0 atom stereocenters. The van der Waals surface area contributed by atoms with Crippen molar-refractivity contribution in [1.82, 2.24) is 9.97 Å². The molecule has 0 aliphatic carbocycles. The second-order valence-electron chi connectivity index (χ2n) is 4.52. The Morgan fingerprint density at radius 3 is 2.65 bits per heavy atom. The Labute approximate surface area is 115 Å². The van der Waals surface area contributed by atoms with Crippen molar-refractivity contribution in [2.24, 2.45) is 0 Å². The van der Waals surface area contributed by atoms with Crippen molar-refractivity contribution in [2.75, 3.05) is 0 Å². The van der Waals surface area contributed by atoms with Crippen LogP contribution < -0.4 is 0 Å². The monoisotopic (exact) mass is 264 g/mol. The summed E-state index contributed by atoms with van der Waals surface area (Å²) in [5.41, 5.74) is 3.15. The topological polar surface area (TPSA) is 63.1 Å². The lowest BCUT2D eigenvalue weighted by molar-refractivity contribution is 0.0690. The average Bonchev–Trinajstić information content (AvgIpc) is 2.48. The number of fused-ring (bicyclic) bond motifs is 1. The highest BCUT2D eigenvalue weighted by Gasteiger charge is 2.06. The van der Waals surface area contributed by atoms with Gasteiger partial charge in [-0.05, 0) is 35.7 Å². The highest BCUT2D eigenvalue weighted by atomic mass is 16.4. The normalized spacial score (nSPS) is 10.6. The van der Waals surface area contributed by atoms with E-state index in [0.29, 0.717) is 6.42 Å². The number of hydrogen-bond donors (Lipinski definition) is 1. The van der Waals surface area contributed by atoms with E-state index < -0.39 is 5.97 Å². The average molecular weight is 264 g/mol. The van der Waals surface area contributed by atoms with E-state index in [2.05, 4.69) is 9.97 Å². The number of hydrogen-bond acceptors (Lipinski definition) is 3. The van der Waals surface area contributed by atoms with Crippen LogP contribution in [-0.2, 0) is 6.42 Å². The van der Waals surface area contributed by atoms with E-state index in [1.807, 2.05) is 30.3 Å². The van der Waals surface area contributed by atoms with Crippen molar-refractivity contribution < 1.29 is 9.90 Å². The summed E-state index contributed by atoms with van der Waals surface area (Å²) in [6, 6.07) is 13.3. The van der Waals surface area contributed by atoms with Crippen LogP contribution in [-0.4, -0.2) is 21.0 Å². The van der Waals surface area contributed by atoms with Crippen molar-refractivity contribution in [3.8, 4) is 0 Å². The fraction of sp³-hybridized carbons (Fsp3) is 0.0625. The van der Waals surface area contributed by atoms with Gasteiger partial charge in [-0.1, -0.05) is 24.3 Å². The van der Waals surface area contributed by atoms with Gasteiger partial charge in [0.1, 0.15) is 5.69 Å². The second-order valence-corrected chi connectivity index (χ2v) is 4.52. The molecule has 0 saturated carbocycles. The van der Waals surface area contributed by atoms with Crippen LogP contribution in [0, 0.1) is 0 Å². The van der Waals surface area contributed by atoms with Crippen molar-refractivity contribution in [1.29, 1.82) is 0 Å². The molecule has 0 unspecified atom stereocenters. The summed E-state index contributed by atoms with van der Waals surface area (Å²) in [5, 5.41) is 9.94. The molecule has 0 bridgehead atoms. The fourth-order valence-electron chi connectivity index (χ4n) is 2.18. The van der Waals surface area contributed by atoms with Gasteiger partial charge in [-0.2, -0.15) is 0 Å². The second kappa shape index (κ2) is 5.09. The number of carboxylic acid groups (broad SMARTS) is 1. The summed E-state index contributed by atoms with van der Waals surface area (Å²) >= 11 is 0. The van der Waals surface area contributed by atoms with E-state index in [1.54, 1.807) is 18.5 Å². The molecule has 2 heterocycles. The Balaban J connectivity index is 1.95. The molecule has 3 aromatic rings. The third kappa shape index (κ3) is 2.36. The van der Waals surface area contributed by atoms with Crippen LogP contribution in [0.25, 0.3) is 10.9 Å². The lowest BCUT2D eigenvalue weighted by atomic mass is 10.0. The quantitative estimate of drug-likeness (QED) is 0.790. The first-order valence-electron chi connectivity index (χ1n) is 6.25. The molecule has 2 aromatic heterocycles. The Bertz CT molecular complexity index is 762. The highest BCUT2D eigenvalue weighted by Crippen LogP contribution is 2.19. The molecule has 1 aromatic carbocycles. The van der Waals surface area contributed by atoms with Crippen LogP contribution in [0.5, 0.6) is 0 Å². The summed E-state index contributed by atoms with van der Waals surface area (Å²) in [7, 11) is 0. The molecule has 20 heavy (non-hydrogen) atoms. The van der Waals surface area contributed by atoms with Gasteiger partial charge in [0.2, 0.25) is 0 Å². The van der Waals surface area contributed by atoms with Crippen LogP contribution in [0.2, 0.25) is 0 Å². The minimum atomic E-state index is -1.01. The number of rotatable bonds is 3. The molecule has 0 radical (unpaired) electrons. The van der Waals surface area contributed by atoms with Crippen LogP contribution >= 0.6 is 0 Å². The molecule has 0 aliphatic rings. The van der Waals surface area contributed by atoms with Gasteiger partial charge in [0, 0.05) is 17.8 Å². The smallest absolute Gasteiger partial charge is 0.354 e. The molecule has 4 heteroatoms. The molecule has 0 spiro atoms. The zero-order chi connectivity index (χ0) is 13.9.